The molecule has 0 amide bonds. The lowest BCUT2D eigenvalue weighted by atomic mass is 10.2. The van der Waals surface area contributed by atoms with Crippen LogP contribution in [-0.4, -0.2) is 22.3 Å². The van der Waals surface area contributed by atoms with E-state index in [9.17, 15) is 14.9 Å². The van der Waals surface area contributed by atoms with Gasteiger partial charge in [0.25, 0.3) is 0 Å². The first kappa shape index (κ1) is 12.1. The van der Waals surface area contributed by atoms with Crippen LogP contribution in [0.5, 0.6) is 5.75 Å². The van der Waals surface area contributed by atoms with Gasteiger partial charge in [-0.3, -0.25) is 4.79 Å². The van der Waals surface area contributed by atoms with Crippen LogP contribution in [0, 0.1) is 10.1 Å². The minimum absolute atomic E-state index is 0.0250. The summed E-state index contributed by atoms with van der Waals surface area (Å²) in [6.07, 6.45) is 2.45. The fourth-order valence-corrected chi connectivity index (χ4v) is 1.14. The van der Waals surface area contributed by atoms with Gasteiger partial charge in [-0.05, 0) is 28.5 Å². The quantitative estimate of drug-likeness (QED) is 0.543. The summed E-state index contributed by atoms with van der Waals surface area (Å²) < 4.78 is 5.06. The van der Waals surface area contributed by atoms with Crippen molar-refractivity contribution in [2.45, 2.75) is 19.8 Å². The van der Waals surface area contributed by atoms with Gasteiger partial charge in [-0.15, -0.1) is 0 Å². The smallest absolute Gasteiger partial charge is 0.406 e. The second-order valence-electron chi connectivity index (χ2n) is 3.16. The van der Waals surface area contributed by atoms with Crippen LogP contribution >= 0.6 is 0 Å². The first-order valence-electron chi connectivity index (χ1n) is 4.89. The molecule has 0 N–H and O–H groups in total. The molecule has 0 radical (unpaired) electrons. The summed E-state index contributed by atoms with van der Waals surface area (Å²) in [4.78, 5) is 24.7. The van der Waals surface area contributed by atoms with E-state index in [0.29, 0.717) is 6.42 Å². The number of ketones is 1. The first-order chi connectivity index (χ1) is 7.65. The lowest BCUT2D eigenvalue weighted by Gasteiger charge is -2.04. The zero-order chi connectivity index (χ0) is 12.0. The Hall–Kier alpha value is -1.98. The van der Waals surface area contributed by atoms with Crippen molar-refractivity contribution in [2.24, 2.45) is 0 Å². The van der Waals surface area contributed by atoms with Crippen molar-refractivity contribution in [1.82, 2.24) is 4.98 Å². The molecule has 0 bridgehead atoms. The highest BCUT2D eigenvalue weighted by Gasteiger charge is 2.16. The molecule has 0 unspecified atom stereocenters. The molecule has 6 heteroatoms. The predicted molar refractivity (Wildman–Crippen MR) is 56.3 cm³/mol. The van der Waals surface area contributed by atoms with Crippen LogP contribution in [0.3, 0.4) is 0 Å². The van der Waals surface area contributed by atoms with E-state index in [1.54, 1.807) is 0 Å². The molecule has 1 aromatic rings. The van der Waals surface area contributed by atoms with E-state index < -0.39 is 4.92 Å². The van der Waals surface area contributed by atoms with Crippen LogP contribution in [0.2, 0.25) is 0 Å². The number of carbonyl (C=O) groups excluding carboxylic acids is 1. The highest BCUT2D eigenvalue weighted by atomic mass is 16.6. The summed E-state index contributed by atoms with van der Waals surface area (Å²) in [6, 6.07) is 2.94. The molecule has 16 heavy (non-hydrogen) atoms. The Labute approximate surface area is 92.4 Å². The molecular formula is C10H12N2O4. The third-order valence-electron chi connectivity index (χ3n) is 1.84. The maximum absolute atomic E-state index is 11.2. The van der Waals surface area contributed by atoms with Gasteiger partial charge in [0.15, 0.2) is 5.78 Å². The van der Waals surface area contributed by atoms with Gasteiger partial charge >= 0.3 is 5.82 Å². The number of aromatic nitrogens is 1. The summed E-state index contributed by atoms with van der Waals surface area (Å²) in [6.45, 7) is 1.73. The average molecular weight is 224 g/mol. The molecule has 0 aromatic carbocycles. The zero-order valence-electron chi connectivity index (χ0n) is 8.88. The van der Waals surface area contributed by atoms with Crippen LogP contribution in [0.4, 0.5) is 5.82 Å². The number of pyridine rings is 1. The van der Waals surface area contributed by atoms with Gasteiger partial charge in [0.05, 0.1) is 0 Å². The van der Waals surface area contributed by atoms with Crippen molar-refractivity contribution in [3.8, 4) is 5.75 Å². The van der Waals surface area contributed by atoms with Gasteiger partial charge in [-0.25, -0.2) is 0 Å². The van der Waals surface area contributed by atoms with Crippen molar-refractivity contribution in [2.75, 3.05) is 6.61 Å². The van der Waals surface area contributed by atoms with Gasteiger partial charge in [0.2, 0.25) is 5.75 Å². The molecule has 0 atom stereocenters. The molecule has 0 aliphatic rings. The third-order valence-corrected chi connectivity index (χ3v) is 1.84. The number of nitro groups is 1. The highest BCUT2D eigenvalue weighted by Crippen LogP contribution is 2.22. The molecule has 0 aliphatic heterocycles. The van der Waals surface area contributed by atoms with E-state index in [-0.39, 0.29) is 24.0 Å². The summed E-state index contributed by atoms with van der Waals surface area (Å²) in [5.41, 5.74) is 0. The van der Waals surface area contributed by atoms with Gasteiger partial charge in [0, 0.05) is 6.42 Å². The molecule has 0 fully saturated rings. The summed E-state index contributed by atoms with van der Waals surface area (Å²) >= 11 is 0. The van der Waals surface area contributed by atoms with Gasteiger partial charge in [-0.2, -0.15) is 0 Å². The Bertz CT molecular complexity index is 392. The predicted octanol–water partition coefficient (Wildman–Crippen LogP) is 1.74. The molecule has 6 nitrogen and oxygen atoms in total. The third kappa shape index (κ3) is 3.30. The van der Waals surface area contributed by atoms with Crippen LogP contribution in [-0.2, 0) is 4.79 Å². The van der Waals surface area contributed by atoms with Crippen molar-refractivity contribution in [3.63, 3.8) is 0 Å². The maximum atomic E-state index is 11.2. The fourth-order valence-electron chi connectivity index (χ4n) is 1.14. The standard InChI is InChI=1S/C10H12N2O4/c1-2-4-8(13)7-16-9-5-3-6-11-10(9)12(14)15/h3,5-6H,2,4,7H2,1H3. The number of carbonyl (C=O) groups is 1. The monoisotopic (exact) mass is 224 g/mol. The average Bonchev–Trinajstić information content (AvgIpc) is 2.27. The normalized spacial score (nSPS) is 9.81. The van der Waals surface area contributed by atoms with Crippen LogP contribution < -0.4 is 4.74 Å². The number of Topliss-reactive ketones (excluding diaryl/α,β-unsaturated/α-hetero) is 1. The Morgan fingerprint density at radius 1 is 1.62 bits per heavy atom. The largest absolute Gasteiger partial charge is 0.478 e. The fraction of sp³-hybridized carbons (Fsp3) is 0.400. The molecule has 0 saturated heterocycles. The van der Waals surface area contributed by atoms with E-state index in [1.165, 1.54) is 18.3 Å². The summed E-state index contributed by atoms with van der Waals surface area (Å²) in [5.74, 6) is -0.426. The molecule has 0 spiro atoms. The van der Waals surface area contributed by atoms with E-state index in [0.717, 1.165) is 6.42 Å². The highest BCUT2D eigenvalue weighted by molar-refractivity contribution is 5.79. The van der Waals surface area contributed by atoms with Crippen LogP contribution in [0.25, 0.3) is 0 Å². The maximum Gasteiger partial charge on any atom is 0.406 e. The lowest BCUT2D eigenvalue weighted by molar-refractivity contribution is -0.390. The van der Waals surface area contributed by atoms with E-state index >= 15 is 0 Å². The van der Waals surface area contributed by atoms with E-state index in [1.807, 2.05) is 6.92 Å². The Morgan fingerprint density at radius 2 is 2.38 bits per heavy atom. The van der Waals surface area contributed by atoms with E-state index in [2.05, 4.69) is 4.98 Å². The zero-order valence-corrected chi connectivity index (χ0v) is 8.88. The molecule has 1 rings (SSSR count). The summed E-state index contributed by atoms with van der Waals surface area (Å²) in [5, 5.41) is 10.6. The molecule has 0 saturated carbocycles. The lowest BCUT2D eigenvalue weighted by Crippen LogP contribution is -2.11. The minimum Gasteiger partial charge on any atom is -0.478 e. The Kier molecular flexibility index (Phi) is 4.38. The van der Waals surface area contributed by atoms with Crippen LogP contribution in [0.1, 0.15) is 19.8 Å². The van der Waals surface area contributed by atoms with Crippen molar-refractivity contribution >= 4 is 11.6 Å². The molecule has 1 heterocycles. The second-order valence-corrected chi connectivity index (χ2v) is 3.16. The van der Waals surface area contributed by atoms with Crippen LogP contribution in [0.15, 0.2) is 18.3 Å². The van der Waals surface area contributed by atoms with Gasteiger partial charge in [0.1, 0.15) is 12.8 Å². The number of rotatable bonds is 6. The molecule has 86 valence electrons. The molecule has 1 aromatic heterocycles. The van der Waals surface area contributed by atoms with Crippen molar-refractivity contribution in [3.05, 3.63) is 28.4 Å². The number of hydrogen-bond donors (Lipinski definition) is 0. The minimum atomic E-state index is -0.639. The number of hydrogen-bond acceptors (Lipinski definition) is 5. The number of ether oxygens (including phenoxy) is 1. The Balaban J connectivity index is 2.66. The SMILES string of the molecule is CCCC(=O)COc1cccnc1[N+](=O)[O-]. The van der Waals surface area contributed by atoms with Crippen molar-refractivity contribution in [1.29, 1.82) is 0 Å². The van der Waals surface area contributed by atoms with Gasteiger partial charge < -0.3 is 14.9 Å². The molecule has 0 aliphatic carbocycles. The van der Waals surface area contributed by atoms with Crippen molar-refractivity contribution < 1.29 is 14.5 Å². The molecular weight excluding hydrogens is 212 g/mol. The Morgan fingerprint density at radius 3 is 3.00 bits per heavy atom. The number of nitrogens with zero attached hydrogens (tertiary/aromatic N) is 2. The topological polar surface area (TPSA) is 82.3 Å². The first-order valence-corrected chi connectivity index (χ1v) is 4.89. The summed E-state index contributed by atoms with van der Waals surface area (Å²) in [7, 11) is 0. The second kappa shape index (κ2) is 5.79. The van der Waals surface area contributed by atoms with Gasteiger partial charge in [-0.1, -0.05) is 6.92 Å². The van der Waals surface area contributed by atoms with E-state index in [4.69, 9.17) is 4.74 Å².